The molecule has 13 heavy (non-hydrogen) atoms. The van der Waals surface area contributed by atoms with E-state index in [1.165, 1.54) is 0 Å². The molecule has 0 saturated heterocycles. The highest BCUT2D eigenvalue weighted by atomic mass is 79.9. The van der Waals surface area contributed by atoms with E-state index in [0.717, 1.165) is 10.0 Å². The first-order chi connectivity index (χ1) is 5.97. The summed E-state index contributed by atoms with van der Waals surface area (Å²) in [4.78, 5) is 0. The van der Waals surface area contributed by atoms with Crippen LogP contribution in [0, 0.1) is 0 Å². The third-order valence-corrected chi connectivity index (χ3v) is 2.98. The van der Waals surface area contributed by atoms with Crippen LogP contribution in [0.1, 0.15) is 19.4 Å². The summed E-state index contributed by atoms with van der Waals surface area (Å²) in [5.41, 5.74) is 0.770. The largest absolute Gasteiger partial charge is 0.395 e. The molecule has 0 spiro atoms. The van der Waals surface area contributed by atoms with Crippen molar-refractivity contribution < 1.29 is 5.11 Å². The first kappa shape index (κ1) is 11.0. The zero-order chi connectivity index (χ0) is 10.1. The Morgan fingerprint density at radius 1 is 1.46 bits per heavy atom. The van der Waals surface area contributed by atoms with Crippen molar-refractivity contribution in [3.63, 3.8) is 0 Å². The molecule has 0 aliphatic heterocycles. The lowest BCUT2D eigenvalue weighted by molar-refractivity contribution is 0.218. The number of halogens is 2. The van der Waals surface area contributed by atoms with Crippen LogP contribution in [0.5, 0.6) is 0 Å². The molecule has 0 heterocycles. The number of hydrogen-bond acceptors (Lipinski definition) is 1. The predicted octanol–water partition coefficient (Wildman–Crippen LogP) is 3.37. The van der Waals surface area contributed by atoms with Gasteiger partial charge in [0.15, 0.2) is 0 Å². The van der Waals surface area contributed by atoms with Gasteiger partial charge in [0.25, 0.3) is 0 Å². The van der Waals surface area contributed by atoms with Crippen molar-refractivity contribution in [3.8, 4) is 0 Å². The predicted molar refractivity (Wildman–Crippen MR) is 59.3 cm³/mol. The quantitative estimate of drug-likeness (QED) is 0.867. The van der Waals surface area contributed by atoms with Crippen LogP contribution >= 0.6 is 27.5 Å². The second kappa shape index (κ2) is 3.99. The van der Waals surface area contributed by atoms with Gasteiger partial charge in [-0.1, -0.05) is 41.4 Å². The summed E-state index contributed by atoms with van der Waals surface area (Å²) in [6, 6.07) is 5.60. The SMILES string of the molecule is CC(C)(CO)c1cc(Cl)ccc1Br. The van der Waals surface area contributed by atoms with Gasteiger partial charge in [-0.3, -0.25) is 0 Å². The molecule has 0 unspecified atom stereocenters. The van der Waals surface area contributed by atoms with Crippen LogP contribution in [-0.2, 0) is 5.41 Å². The van der Waals surface area contributed by atoms with Crippen molar-refractivity contribution in [3.05, 3.63) is 33.3 Å². The third-order valence-electron chi connectivity index (χ3n) is 2.05. The fraction of sp³-hybridized carbons (Fsp3) is 0.400. The zero-order valence-electron chi connectivity index (χ0n) is 7.64. The average Bonchev–Trinajstić information content (AvgIpc) is 2.09. The van der Waals surface area contributed by atoms with E-state index in [2.05, 4.69) is 15.9 Å². The lowest BCUT2D eigenvalue weighted by Gasteiger charge is -2.23. The monoisotopic (exact) mass is 262 g/mol. The lowest BCUT2D eigenvalue weighted by Crippen LogP contribution is -2.22. The highest BCUT2D eigenvalue weighted by molar-refractivity contribution is 9.10. The molecule has 1 nitrogen and oxygen atoms in total. The summed E-state index contributed by atoms with van der Waals surface area (Å²) in [6.07, 6.45) is 0. The molecule has 3 heteroatoms. The number of aliphatic hydroxyl groups excluding tert-OH is 1. The van der Waals surface area contributed by atoms with Gasteiger partial charge in [-0.2, -0.15) is 0 Å². The summed E-state index contributed by atoms with van der Waals surface area (Å²) in [6.45, 7) is 4.05. The second-order valence-corrected chi connectivity index (χ2v) is 4.96. The van der Waals surface area contributed by atoms with Gasteiger partial charge in [-0.25, -0.2) is 0 Å². The Morgan fingerprint density at radius 3 is 2.62 bits per heavy atom. The first-order valence-electron chi connectivity index (χ1n) is 4.04. The molecular formula is C10H12BrClO. The zero-order valence-corrected chi connectivity index (χ0v) is 9.98. The Balaban J connectivity index is 3.20. The van der Waals surface area contributed by atoms with Crippen molar-refractivity contribution in [2.24, 2.45) is 0 Å². The van der Waals surface area contributed by atoms with Crippen molar-refractivity contribution in [1.29, 1.82) is 0 Å². The number of aliphatic hydroxyl groups is 1. The molecule has 0 saturated carbocycles. The van der Waals surface area contributed by atoms with Crippen LogP contribution in [0.3, 0.4) is 0 Å². The molecule has 1 aromatic carbocycles. The van der Waals surface area contributed by atoms with Gasteiger partial charge in [-0.15, -0.1) is 0 Å². The van der Waals surface area contributed by atoms with Gasteiger partial charge in [0.2, 0.25) is 0 Å². The lowest BCUT2D eigenvalue weighted by atomic mass is 9.86. The van der Waals surface area contributed by atoms with Gasteiger partial charge >= 0.3 is 0 Å². The Morgan fingerprint density at radius 2 is 2.08 bits per heavy atom. The smallest absolute Gasteiger partial charge is 0.0523 e. The molecule has 0 atom stereocenters. The molecule has 0 bridgehead atoms. The second-order valence-electron chi connectivity index (χ2n) is 3.67. The topological polar surface area (TPSA) is 20.2 Å². The van der Waals surface area contributed by atoms with E-state index in [0.29, 0.717) is 5.02 Å². The summed E-state index contributed by atoms with van der Waals surface area (Å²) >= 11 is 9.31. The number of hydrogen-bond donors (Lipinski definition) is 1. The molecule has 0 aliphatic carbocycles. The van der Waals surface area contributed by atoms with Crippen molar-refractivity contribution in [1.82, 2.24) is 0 Å². The number of rotatable bonds is 2. The highest BCUT2D eigenvalue weighted by Crippen LogP contribution is 2.31. The Bertz CT molecular complexity index is 310. The van der Waals surface area contributed by atoms with E-state index in [1.807, 2.05) is 32.0 Å². The van der Waals surface area contributed by atoms with Gasteiger partial charge < -0.3 is 5.11 Å². The maximum Gasteiger partial charge on any atom is 0.0523 e. The summed E-state index contributed by atoms with van der Waals surface area (Å²) < 4.78 is 0.982. The van der Waals surface area contributed by atoms with Gasteiger partial charge in [0.05, 0.1) is 6.61 Å². The maximum absolute atomic E-state index is 9.20. The van der Waals surface area contributed by atoms with Crippen LogP contribution in [0.15, 0.2) is 22.7 Å². The summed E-state index contributed by atoms with van der Waals surface area (Å²) in [5.74, 6) is 0. The molecule has 0 aromatic heterocycles. The highest BCUT2D eigenvalue weighted by Gasteiger charge is 2.22. The fourth-order valence-electron chi connectivity index (χ4n) is 1.10. The van der Waals surface area contributed by atoms with Crippen LogP contribution in [0.2, 0.25) is 5.02 Å². The van der Waals surface area contributed by atoms with Crippen LogP contribution < -0.4 is 0 Å². The molecule has 0 amide bonds. The minimum atomic E-state index is -0.260. The van der Waals surface area contributed by atoms with E-state index >= 15 is 0 Å². The molecule has 0 radical (unpaired) electrons. The van der Waals surface area contributed by atoms with Crippen LogP contribution in [0.4, 0.5) is 0 Å². The van der Waals surface area contributed by atoms with Crippen LogP contribution in [0.25, 0.3) is 0 Å². The minimum Gasteiger partial charge on any atom is -0.395 e. The summed E-state index contributed by atoms with van der Waals surface area (Å²) in [7, 11) is 0. The Labute approximate surface area is 91.9 Å². The van der Waals surface area contributed by atoms with Gasteiger partial charge in [-0.05, 0) is 23.8 Å². The van der Waals surface area contributed by atoms with Crippen LogP contribution in [-0.4, -0.2) is 11.7 Å². The van der Waals surface area contributed by atoms with Gasteiger partial charge in [0, 0.05) is 14.9 Å². The third kappa shape index (κ3) is 2.46. The molecule has 0 aliphatic rings. The first-order valence-corrected chi connectivity index (χ1v) is 5.21. The number of benzene rings is 1. The molecular weight excluding hydrogens is 251 g/mol. The fourth-order valence-corrected chi connectivity index (χ4v) is 2.06. The van der Waals surface area contributed by atoms with Gasteiger partial charge in [0.1, 0.15) is 0 Å². The van der Waals surface area contributed by atoms with E-state index in [-0.39, 0.29) is 12.0 Å². The Kier molecular flexibility index (Phi) is 3.38. The van der Waals surface area contributed by atoms with E-state index in [1.54, 1.807) is 0 Å². The molecule has 1 aromatic rings. The molecule has 0 fully saturated rings. The maximum atomic E-state index is 9.20. The molecule has 1 N–H and O–H groups in total. The normalized spacial score (nSPS) is 11.8. The molecule has 1 rings (SSSR count). The standard InChI is InChI=1S/C10H12BrClO/c1-10(2,6-13)8-5-7(12)3-4-9(8)11/h3-5,13H,6H2,1-2H3. The van der Waals surface area contributed by atoms with Crippen molar-refractivity contribution >= 4 is 27.5 Å². The average molecular weight is 264 g/mol. The summed E-state index contributed by atoms with van der Waals surface area (Å²) in [5, 5.41) is 9.89. The molecule has 72 valence electrons. The van der Waals surface area contributed by atoms with E-state index in [9.17, 15) is 5.11 Å². The van der Waals surface area contributed by atoms with E-state index < -0.39 is 0 Å². The van der Waals surface area contributed by atoms with Crippen molar-refractivity contribution in [2.75, 3.05) is 6.61 Å². The van der Waals surface area contributed by atoms with E-state index in [4.69, 9.17) is 11.6 Å². The Hall–Kier alpha value is -0.0500. The van der Waals surface area contributed by atoms with Crippen molar-refractivity contribution in [2.45, 2.75) is 19.3 Å². The minimum absolute atomic E-state index is 0.103.